The molecule has 0 saturated heterocycles. The van der Waals surface area contributed by atoms with E-state index in [9.17, 15) is 13.9 Å². The molecule has 0 amide bonds. The lowest BCUT2D eigenvalue weighted by Crippen LogP contribution is -2.07. The van der Waals surface area contributed by atoms with Crippen LogP contribution in [0.15, 0.2) is 6.07 Å². The molecule has 1 fully saturated rings. The lowest BCUT2D eigenvalue weighted by Gasteiger charge is -2.13. The largest absolute Gasteiger partial charge is 0.388 e. The van der Waals surface area contributed by atoms with Crippen LogP contribution in [0.1, 0.15) is 24.5 Å². The molecule has 1 unspecified atom stereocenters. The highest BCUT2D eigenvalue weighted by molar-refractivity contribution is 6.34. The quantitative estimate of drug-likeness (QED) is 0.796. The van der Waals surface area contributed by atoms with E-state index in [1.54, 1.807) is 0 Å². The molecule has 0 heterocycles. The summed E-state index contributed by atoms with van der Waals surface area (Å²) in [4.78, 5) is 0. The van der Waals surface area contributed by atoms with Crippen LogP contribution in [0.25, 0.3) is 0 Å². The van der Waals surface area contributed by atoms with Gasteiger partial charge in [0.1, 0.15) is 0 Å². The second-order valence-corrected chi connectivity index (χ2v) is 4.48. The highest BCUT2D eigenvalue weighted by Crippen LogP contribution is 2.44. The maximum Gasteiger partial charge on any atom is 0.150 e. The van der Waals surface area contributed by atoms with E-state index in [2.05, 4.69) is 0 Å². The smallest absolute Gasteiger partial charge is 0.150 e. The zero-order chi connectivity index (χ0) is 11.2. The molecule has 0 radical (unpaired) electrons. The van der Waals surface area contributed by atoms with Gasteiger partial charge in [0.25, 0.3) is 0 Å². The minimum Gasteiger partial charge on any atom is -0.388 e. The summed E-state index contributed by atoms with van der Waals surface area (Å²) in [5.74, 6) is -1.92. The van der Waals surface area contributed by atoms with Crippen molar-refractivity contribution in [2.45, 2.75) is 18.9 Å². The Morgan fingerprint density at radius 2 is 1.67 bits per heavy atom. The average molecular weight is 253 g/mol. The number of aliphatic hydroxyl groups excluding tert-OH is 1. The molecule has 0 spiro atoms. The molecule has 1 saturated carbocycles. The standard InChI is InChI=1S/C10H8Cl2F2O/c11-5-3-6(12)9(14)7(8(5)13)10(15)4-1-2-4/h3-4,10,15H,1-2H2. The van der Waals surface area contributed by atoms with Gasteiger partial charge in [-0.1, -0.05) is 23.2 Å². The van der Waals surface area contributed by atoms with Gasteiger partial charge in [0.2, 0.25) is 0 Å². The van der Waals surface area contributed by atoms with Crippen LogP contribution in [0.3, 0.4) is 0 Å². The van der Waals surface area contributed by atoms with Crippen molar-refractivity contribution in [3.05, 3.63) is 33.3 Å². The number of hydrogen-bond donors (Lipinski definition) is 1. The second-order valence-electron chi connectivity index (χ2n) is 3.66. The summed E-state index contributed by atoms with van der Waals surface area (Å²) in [5.41, 5.74) is -0.407. The molecule has 1 atom stereocenters. The predicted molar refractivity (Wildman–Crippen MR) is 54.1 cm³/mol. The van der Waals surface area contributed by atoms with Crippen LogP contribution in [0.4, 0.5) is 8.78 Å². The molecule has 1 aromatic rings. The van der Waals surface area contributed by atoms with Crippen molar-refractivity contribution >= 4 is 23.2 Å². The summed E-state index contributed by atoms with van der Waals surface area (Å²) in [7, 11) is 0. The second kappa shape index (κ2) is 3.89. The first-order valence-electron chi connectivity index (χ1n) is 4.53. The van der Waals surface area contributed by atoms with Gasteiger partial charge in [0.05, 0.1) is 21.7 Å². The SMILES string of the molecule is OC(c1c(F)c(Cl)cc(Cl)c1F)C1CC1. The zero-order valence-electron chi connectivity index (χ0n) is 7.61. The van der Waals surface area contributed by atoms with E-state index >= 15 is 0 Å². The first kappa shape index (κ1) is 11.1. The minimum absolute atomic E-state index is 0.0801. The van der Waals surface area contributed by atoms with Gasteiger partial charge in [0.15, 0.2) is 11.6 Å². The van der Waals surface area contributed by atoms with Crippen molar-refractivity contribution < 1.29 is 13.9 Å². The fourth-order valence-corrected chi connectivity index (χ4v) is 1.98. The monoisotopic (exact) mass is 252 g/mol. The molecule has 0 aliphatic heterocycles. The molecule has 5 heteroatoms. The zero-order valence-corrected chi connectivity index (χ0v) is 9.12. The van der Waals surface area contributed by atoms with E-state index in [0.717, 1.165) is 18.9 Å². The summed E-state index contributed by atoms with van der Waals surface area (Å²) in [6, 6.07) is 0.997. The van der Waals surface area contributed by atoms with Crippen LogP contribution >= 0.6 is 23.2 Å². The van der Waals surface area contributed by atoms with Crippen molar-refractivity contribution in [3.8, 4) is 0 Å². The maximum atomic E-state index is 13.5. The first-order chi connectivity index (χ1) is 7.02. The Morgan fingerprint density at radius 3 is 2.07 bits per heavy atom. The van der Waals surface area contributed by atoms with Crippen molar-refractivity contribution in [2.75, 3.05) is 0 Å². The molecule has 1 aliphatic carbocycles. The summed E-state index contributed by atoms with van der Waals surface area (Å²) in [6.45, 7) is 0. The van der Waals surface area contributed by atoms with Crippen LogP contribution in [-0.4, -0.2) is 5.11 Å². The molecule has 2 rings (SSSR count). The van der Waals surface area contributed by atoms with Gasteiger partial charge in [0, 0.05) is 0 Å². The number of aliphatic hydroxyl groups is 1. The third kappa shape index (κ3) is 1.96. The molecule has 15 heavy (non-hydrogen) atoms. The van der Waals surface area contributed by atoms with Crippen LogP contribution in [-0.2, 0) is 0 Å². The normalized spacial score (nSPS) is 17.9. The molecule has 0 bridgehead atoms. The van der Waals surface area contributed by atoms with Gasteiger partial charge in [-0.15, -0.1) is 0 Å². The Balaban J connectivity index is 2.52. The van der Waals surface area contributed by atoms with E-state index in [4.69, 9.17) is 23.2 Å². The van der Waals surface area contributed by atoms with Crippen molar-refractivity contribution in [1.29, 1.82) is 0 Å². The van der Waals surface area contributed by atoms with E-state index in [1.807, 2.05) is 0 Å². The highest BCUT2D eigenvalue weighted by Gasteiger charge is 2.35. The summed E-state index contributed by atoms with van der Waals surface area (Å²) in [6.07, 6.45) is 0.384. The molecule has 82 valence electrons. The summed E-state index contributed by atoms with van der Waals surface area (Å²) in [5, 5.41) is 9.14. The number of hydrogen-bond acceptors (Lipinski definition) is 1. The van der Waals surface area contributed by atoms with Crippen molar-refractivity contribution in [2.24, 2.45) is 5.92 Å². The molecular formula is C10H8Cl2F2O. The Hall–Kier alpha value is -0.380. The maximum absolute atomic E-state index is 13.5. The van der Waals surface area contributed by atoms with Crippen LogP contribution in [0, 0.1) is 17.6 Å². The fraction of sp³-hybridized carbons (Fsp3) is 0.400. The molecular weight excluding hydrogens is 245 g/mol. The third-order valence-electron chi connectivity index (χ3n) is 2.51. The van der Waals surface area contributed by atoms with Gasteiger partial charge >= 0.3 is 0 Å². The summed E-state index contributed by atoms with van der Waals surface area (Å²) >= 11 is 11.0. The molecule has 1 nitrogen and oxygen atoms in total. The minimum atomic E-state index is -1.15. The Labute approximate surface area is 95.6 Å². The topological polar surface area (TPSA) is 20.2 Å². The van der Waals surface area contributed by atoms with Crippen LogP contribution < -0.4 is 0 Å². The molecule has 0 aromatic heterocycles. The molecule has 1 aliphatic rings. The lowest BCUT2D eigenvalue weighted by molar-refractivity contribution is 0.144. The molecule has 1 aromatic carbocycles. The van der Waals surface area contributed by atoms with Gasteiger partial charge in [-0.05, 0) is 24.8 Å². The highest BCUT2D eigenvalue weighted by atomic mass is 35.5. The van der Waals surface area contributed by atoms with Gasteiger partial charge in [-0.2, -0.15) is 0 Å². The third-order valence-corrected chi connectivity index (χ3v) is 3.06. The molecule has 1 N–H and O–H groups in total. The Morgan fingerprint density at radius 1 is 1.20 bits per heavy atom. The number of rotatable bonds is 2. The Bertz CT molecular complexity index is 379. The van der Waals surface area contributed by atoms with E-state index in [0.29, 0.717) is 0 Å². The first-order valence-corrected chi connectivity index (χ1v) is 5.29. The lowest BCUT2D eigenvalue weighted by atomic mass is 10.0. The number of benzene rings is 1. The number of halogens is 4. The van der Waals surface area contributed by atoms with Crippen LogP contribution in [0.5, 0.6) is 0 Å². The van der Waals surface area contributed by atoms with E-state index in [-0.39, 0.29) is 16.0 Å². The van der Waals surface area contributed by atoms with Crippen molar-refractivity contribution in [1.82, 2.24) is 0 Å². The van der Waals surface area contributed by atoms with Crippen LogP contribution in [0.2, 0.25) is 10.0 Å². The van der Waals surface area contributed by atoms with E-state index in [1.165, 1.54) is 0 Å². The summed E-state index contributed by atoms with van der Waals surface area (Å²) < 4.78 is 27.0. The fourth-order valence-electron chi connectivity index (χ4n) is 1.50. The predicted octanol–water partition coefficient (Wildman–Crippen LogP) is 3.72. The van der Waals surface area contributed by atoms with Gasteiger partial charge in [-0.25, -0.2) is 8.78 Å². The van der Waals surface area contributed by atoms with Gasteiger partial charge in [-0.3, -0.25) is 0 Å². The van der Waals surface area contributed by atoms with Gasteiger partial charge < -0.3 is 5.11 Å². The average Bonchev–Trinajstić information content (AvgIpc) is 2.98. The van der Waals surface area contributed by atoms with E-state index < -0.39 is 23.3 Å². The van der Waals surface area contributed by atoms with Crippen molar-refractivity contribution in [3.63, 3.8) is 0 Å². The Kier molecular flexibility index (Phi) is 2.88.